The number of aromatic nitrogens is 3. The third-order valence-corrected chi connectivity index (χ3v) is 5.58. The minimum absolute atomic E-state index is 0.0597. The summed E-state index contributed by atoms with van der Waals surface area (Å²) in [5, 5.41) is 7.64. The third kappa shape index (κ3) is 4.19. The number of aryl methyl sites for hydroxylation is 4. The van der Waals surface area contributed by atoms with Crippen molar-refractivity contribution in [2.75, 3.05) is 0 Å². The van der Waals surface area contributed by atoms with E-state index in [2.05, 4.69) is 10.4 Å². The van der Waals surface area contributed by atoms with E-state index in [9.17, 15) is 9.18 Å². The predicted octanol–water partition coefficient (Wildman–Crippen LogP) is 4.63. The lowest BCUT2D eigenvalue weighted by Gasteiger charge is -2.12. The third-order valence-electron chi connectivity index (χ3n) is 5.58. The number of carbonyl (C=O) groups is 1. The average Bonchev–Trinajstić information content (AvgIpc) is 3.07. The highest BCUT2D eigenvalue weighted by molar-refractivity contribution is 5.82. The predicted molar refractivity (Wildman–Crippen MR) is 119 cm³/mol. The maximum atomic E-state index is 13.4. The van der Waals surface area contributed by atoms with Gasteiger partial charge >= 0.3 is 0 Å². The Hall–Kier alpha value is -3.54. The van der Waals surface area contributed by atoms with Crippen LogP contribution < -0.4 is 5.32 Å². The summed E-state index contributed by atoms with van der Waals surface area (Å²) in [5.41, 5.74) is 8.05. The van der Waals surface area contributed by atoms with E-state index in [1.807, 2.05) is 52.0 Å². The zero-order valence-corrected chi connectivity index (χ0v) is 18.2. The highest BCUT2D eigenvalue weighted by atomic mass is 19.1. The Bertz CT molecular complexity index is 1260. The summed E-state index contributed by atoms with van der Waals surface area (Å²) in [6.07, 6.45) is 0.233. The number of fused-ring (bicyclic) bond motifs is 1. The molecule has 31 heavy (non-hydrogen) atoms. The van der Waals surface area contributed by atoms with Crippen LogP contribution in [0, 0.1) is 33.5 Å². The molecule has 5 nitrogen and oxygen atoms in total. The van der Waals surface area contributed by atoms with Gasteiger partial charge in [-0.2, -0.15) is 5.10 Å². The second-order valence-electron chi connectivity index (χ2n) is 7.90. The molecular weight excluding hydrogens is 391 g/mol. The van der Waals surface area contributed by atoms with Crippen molar-refractivity contribution in [3.63, 3.8) is 0 Å². The molecule has 0 spiro atoms. The van der Waals surface area contributed by atoms with Crippen molar-refractivity contribution in [3.05, 3.63) is 88.1 Å². The Labute approximate surface area is 181 Å². The minimum Gasteiger partial charge on any atom is -0.352 e. The van der Waals surface area contributed by atoms with Crippen LogP contribution in [0.15, 0.2) is 48.5 Å². The van der Waals surface area contributed by atoms with Gasteiger partial charge in [-0.15, -0.1) is 0 Å². The van der Waals surface area contributed by atoms with Gasteiger partial charge in [0.05, 0.1) is 12.1 Å². The van der Waals surface area contributed by atoms with Crippen molar-refractivity contribution in [2.45, 2.75) is 40.7 Å². The number of halogens is 1. The highest BCUT2D eigenvalue weighted by Crippen LogP contribution is 2.29. The van der Waals surface area contributed by atoms with E-state index in [-0.39, 0.29) is 18.1 Å². The number of benzene rings is 2. The van der Waals surface area contributed by atoms with Crippen molar-refractivity contribution < 1.29 is 9.18 Å². The number of hydrogen-bond acceptors (Lipinski definition) is 3. The molecule has 4 rings (SSSR count). The zero-order chi connectivity index (χ0) is 22.1. The van der Waals surface area contributed by atoms with E-state index in [0.29, 0.717) is 12.2 Å². The smallest absolute Gasteiger partial charge is 0.224 e. The van der Waals surface area contributed by atoms with Gasteiger partial charge in [0.2, 0.25) is 5.91 Å². The van der Waals surface area contributed by atoms with Crippen molar-refractivity contribution in [1.29, 1.82) is 0 Å². The molecule has 0 atom stereocenters. The van der Waals surface area contributed by atoms with Gasteiger partial charge in [-0.05, 0) is 51.0 Å². The van der Waals surface area contributed by atoms with E-state index in [0.717, 1.165) is 39.3 Å². The molecule has 0 saturated carbocycles. The fourth-order valence-corrected chi connectivity index (χ4v) is 3.81. The van der Waals surface area contributed by atoms with Crippen molar-refractivity contribution in [1.82, 2.24) is 19.9 Å². The molecule has 6 heteroatoms. The van der Waals surface area contributed by atoms with Crippen LogP contribution in [0.2, 0.25) is 0 Å². The number of carbonyl (C=O) groups excluding carboxylic acids is 1. The van der Waals surface area contributed by atoms with E-state index < -0.39 is 0 Å². The summed E-state index contributed by atoms with van der Waals surface area (Å²) in [7, 11) is 0. The molecule has 0 aliphatic carbocycles. The van der Waals surface area contributed by atoms with Crippen molar-refractivity contribution >= 4 is 11.6 Å². The van der Waals surface area contributed by atoms with Gasteiger partial charge in [0.15, 0.2) is 5.65 Å². The second kappa shape index (κ2) is 8.30. The molecule has 4 aromatic rings. The first-order valence-electron chi connectivity index (χ1n) is 10.3. The lowest BCUT2D eigenvalue weighted by molar-refractivity contribution is -0.120. The van der Waals surface area contributed by atoms with Gasteiger partial charge in [0.1, 0.15) is 5.82 Å². The van der Waals surface area contributed by atoms with Gasteiger partial charge in [-0.25, -0.2) is 13.9 Å². The van der Waals surface area contributed by atoms with Gasteiger partial charge in [0.25, 0.3) is 0 Å². The van der Waals surface area contributed by atoms with Crippen LogP contribution in [0.5, 0.6) is 0 Å². The number of rotatable bonds is 5. The minimum atomic E-state index is -0.280. The molecule has 0 fully saturated rings. The van der Waals surface area contributed by atoms with E-state index >= 15 is 0 Å². The van der Waals surface area contributed by atoms with Crippen LogP contribution in [-0.2, 0) is 17.8 Å². The molecular formula is C25H25FN4O. The van der Waals surface area contributed by atoms with Gasteiger partial charge in [-0.3, -0.25) is 4.79 Å². The monoisotopic (exact) mass is 416 g/mol. The number of nitrogens with zero attached hydrogens (tertiary/aromatic N) is 3. The fourth-order valence-electron chi connectivity index (χ4n) is 3.81. The molecule has 1 N–H and O–H groups in total. The SMILES string of the molecule is Cc1ccc(CNC(=O)Cc2c(C)nc3c(-c4ccc(F)cc4)c(C)nn3c2C)cc1. The van der Waals surface area contributed by atoms with E-state index in [1.165, 1.54) is 17.7 Å². The van der Waals surface area contributed by atoms with Crippen LogP contribution in [-0.4, -0.2) is 20.5 Å². The molecule has 2 aromatic heterocycles. The Morgan fingerprint density at radius 3 is 2.32 bits per heavy atom. The van der Waals surface area contributed by atoms with Gasteiger partial charge < -0.3 is 5.32 Å². The Morgan fingerprint density at radius 2 is 1.65 bits per heavy atom. The second-order valence-corrected chi connectivity index (χ2v) is 7.90. The Balaban J connectivity index is 1.61. The summed E-state index contributed by atoms with van der Waals surface area (Å²) in [5.74, 6) is -0.340. The van der Waals surface area contributed by atoms with Gasteiger partial charge in [-0.1, -0.05) is 42.0 Å². The molecule has 158 valence electrons. The Morgan fingerprint density at radius 1 is 0.968 bits per heavy atom. The molecule has 0 aliphatic rings. The maximum Gasteiger partial charge on any atom is 0.224 e. The molecule has 0 aliphatic heterocycles. The quantitative estimate of drug-likeness (QED) is 0.516. The average molecular weight is 417 g/mol. The topological polar surface area (TPSA) is 59.3 Å². The summed E-state index contributed by atoms with van der Waals surface area (Å²) in [6, 6.07) is 14.4. The van der Waals surface area contributed by atoms with E-state index in [1.54, 1.807) is 16.6 Å². The lowest BCUT2D eigenvalue weighted by Crippen LogP contribution is -2.25. The standard InChI is InChI=1S/C25H25FN4O/c1-15-5-7-19(8-6-15)14-27-23(31)13-22-16(2)28-25-24(17(3)29-30(25)18(22)4)20-9-11-21(26)12-10-20/h5-12H,13-14H2,1-4H3,(H,27,31). The molecule has 1 amide bonds. The molecule has 0 radical (unpaired) electrons. The first-order chi connectivity index (χ1) is 14.8. The number of amides is 1. The van der Waals surface area contributed by atoms with Crippen LogP contribution in [0.4, 0.5) is 4.39 Å². The van der Waals surface area contributed by atoms with Crippen LogP contribution in [0.25, 0.3) is 16.8 Å². The molecule has 0 unspecified atom stereocenters. The van der Waals surface area contributed by atoms with Crippen molar-refractivity contribution in [2.24, 2.45) is 0 Å². The van der Waals surface area contributed by atoms with Crippen molar-refractivity contribution in [3.8, 4) is 11.1 Å². The Kier molecular flexibility index (Phi) is 5.55. The first kappa shape index (κ1) is 20.7. The summed E-state index contributed by atoms with van der Waals surface area (Å²) < 4.78 is 15.1. The summed E-state index contributed by atoms with van der Waals surface area (Å²) >= 11 is 0. The summed E-state index contributed by atoms with van der Waals surface area (Å²) in [4.78, 5) is 17.4. The van der Waals surface area contributed by atoms with Crippen LogP contribution in [0.1, 0.15) is 33.8 Å². The van der Waals surface area contributed by atoms with Crippen LogP contribution >= 0.6 is 0 Å². The molecule has 0 saturated heterocycles. The molecule has 2 heterocycles. The van der Waals surface area contributed by atoms with Gasteiger partial charge in [0, 0.05) is 29.1 Å². The highest BCUT2D eigenvalue weighted by Gasteiger charge is 2.19. The largest absolute Gasteiger partial charge is 0.352 e. The normalized spacial score (nSPS) is 11.1. The summed E-state index contributed by atoms with van der Waals surface area (Å²) in [6.45, 7) is 8.30. The van der Waals surface area contributed by atoms with Crippen LogP contribution in [0.3, 0.4) is 0 Å². The first-order valence-corrected chi connectivity index (χ1v) is 10.3. The number of nitrogens with one attached hydrogen (secondary N) is 1. The molecule has 0 bridgehead atoms. The molecule has 2 aromatic carbocycles. The maximum absolute atomic E-state index is 13.4. The number of hydrogen-bond donors (Lipinski definition) is 1. The lowest BCUT2D eigenvalue weighted by atomic mass is 10.0. The fraction of sp³-hybridized carbons (Fsp3) is 0.240. The van der Waals surface area contributed by atoms with E-state index in [4.69, 9.17) is 4.98 Å². The zero-order valence-electron chi connectivity index (χ0n) is 18.2.